The number of hydrogen-bond acceptors (Lipinski definition) is 4. The predicted octanol–water partition coefficient (Wildman–Crippen LogP) is 2.80. The minimum Gasteiger partial charge on any atom is -0.489 e. The molecule has 0 aliphatic carbocycles. The van der Waals surface area contributed by atoms with Crippen molar-refractivity contribution in [2.24, 2.45) is 10.9 Å². The molecule has 27 heavy (non-hydrogen) atoms. The topological polar surface area (TPSA) is 75.1 Å². The van der Waals surface area contributed by atoms with Crippen LogP contribution in [0.5, 0.6) is 5.75 Å². The van der Waals surface area contributed by atoms with Gasteiger partial charge in [-0.25, -0.2) is 4.39 Å². The first kappa shape index (κ1) is 25.9. The number of nitrogens with one attached hydrogen (secondary N) is 2. The summed E-state index contributed by atoms with van der Waals surface area (Å²) in [6, 6.07) is 5.92. The molecule has 0 spiro atoms. The van der Waals surface area contributed by atoms with Crippen LogP contribution in [0.15, 0.2) is 29.3 Å². The maximum Gasteiger partial charge on any atom is 0.191 e. The molecule has 0 bridgehead atoms. The highest BCUT2D eigenvalue weighted by Crippen LogP contribution is 2.12. The van der Waals surface area contributed by atoms with Gasteiger partial charge in [0.05, 0.1) is 25.8 Å². The minimum atomic E-state index is -0.642. The fraction of sp³-hybridized carbons (Fsp3) is 0.632. The second-order valence-electron chi connectivity index (χ2n) is 6.57. The quantitative estimate of drug-likeness (QED) is 0.249. The van der Waals surface area contributed by atoms with Crippen LogP contribution >= 0.6 is 24.0 Å². The van der Waals surface area contributed by atoms with Crippen LogP contribution in [0.3, 0.4) is 0 Å². The number of aliphatic hydroxyl groups is 1. The third-order valence-electron chi connectivity index (χ3n) is 3.27. The number of aliphatic imine (C=N–C) groups is 1. The second-order valence-corrected chi connectivity index (χ2v) is 6.57. The SMILES string of the molecule is CCNC(=NCC(O)COCC(C)C)NCC(C)Oc1ccc(F)cc1.I. The Kier molecular flexibility index (Phi) is 14.2. The van der Waals surface area contributed by atoms with E-state index in [0.717, 1.165) is 0 Å². The maximum absolute atomic E-state index is 12.9. The van der Waals surface area contributed by atoms with Crippen LogP contribution in [0.4, 0.5) is 4.39 Å². The van der Waals surface area contributed by atoms with Gasteiger partial charge in [-0.05, 0) is 44.0 Å². The zero-order valence-electron chi connectivity index (χ0n) is 16.6. The molecular weight excluding hydrogens is 464 g/mol. The van der Waals surface area contributed by atoms with E-state index in [4.69, 9.17) is 9.47 Å². The molecule has 0 radical (unpaired) electrons. The van der Waals surface area contributed by atoms with Crippen LogP contribution in [0.25, 0.3) is 0 Å². The molecule has 2 atom stereocenters. The van der Waals surface area contributed by atoms with Gasteiger partial charge in [-0.3, -0.25) is 4.99 Å². The molecule has 2 unspecified atom stereocenters. The summed E-state index contributed by atoms with van der Waals surface area (Å²) in [6.07, 6.45) is -0.777. The van der Waals surface area contributed by atoms with Crippen LogP contribution in [0.1, 0.15) is 27.7 Å². The molecule has 1 rings (SSSR count). The monoisotopic (exact) mass is 497 g/mol. The molecule has 0 saturated heterocycles. The number of rotatable bonds is 11. The van der Waals surface area contributed by atoms with E-state index in [1.54, 1.807) is 12.1 Å². The van der Waals surface area contributed by atoms with Gasteiger partial charge >= 0.3 is 0 Å². The van der Waals surface area contributed by atoms with Gasteiger partial charge < -0.3 is 25.2 Å². The first-order valence-corrected chi connectivity index (χ1v) is 9.10. The Hall–Kier alpha value is -1.13. The summed E-state index contributed by atoms with van der Waals surface area (Å²) < 4.78 is 24.0. The molecule has 1 aromatic carbocycles. The lowest BCUT2D eigenvalue weighted by Crippen LogP contribution is -2.42. The van der Waals surface area contributed by atoms with E-state index in [9.17, 15) is 9.50 Å². The Balaban J connectivity index is 0.00000676. The number of halogens is 2. The van der Waals surface area contributed by atoms with Crippen molar-refractivity contribution >= 4 is 29.9 Å². The molecule has 0 amide bonds. The van der Waals surface area contributed by atoms with Crippen molar-refractivity contribution in [3.8, 4) is 5.75 Å². The summed E-state index contributed by atoms with van der Waals surface area (Å²) in [4.78, 5) is 4.36. The van der Waals surface area contributed by atoms with E-state index in [-0.39, 0.29) is 49.0 Å². The summed E-state index contributed by atoms with van der Waals surface area (Å²) in [5.74, 6) is 1.36. The van der Waals surface area contributed by atoms with Gasteiger partial charge in [-0.1, -0.05) is 13.8 Å². The Morgan fingerprint density at radius 3 is 2.41 bits per heavy atom. The van der Waals surface area contributed by atoms with Crippen molar-refractivity contribution < 1.29 is 19.0 Å². The second kappa shape index (κ2) is 14.9. The lowest BCUT2D eigenvalue weighted by Gasteiger charge is -2.18. The third kappa shape index (κ3) is 12.8. The first-order valence-electron chi connectivity index (χ1n) is 9.10. The molecular formula is C19H33FIN3O3. The van der Waals surface area contributed by atoms with E-state index in [1.165, 1.54) is 12.1 Å². The van der Waals surface area contributed by atoms with Gasteiger partial charge in [0.25, 0.3) is 0 Å². The molecule has 3 N–H and O–H groups in total. The molecule has 1 aromatic rings. The molecule has 0 heterocycles. The van der Waals surface area contributed by atoms with Crippen molar-refractivity contribution in [3.05, 3.63) is 30.1 Å². The fourth-order valence-electron chi connectivity index (χ4n) is 2.06. The Bertz CT molecular complexity index is 529. The average Bonchev–Trinajstić information content (AvgIpc) is 2.59. The van der Waals surface area contributed by atoms with Gasteiger partial charge in [-0.2, -0.15) is 0 Å². The largest absolute Gasteiger partial charge is 0.489 e. The number of hydrogen-bond donors (Lipinski definition) is 3. The standard InChI is InChI=1S/C19H32FN3O3.HI/c1-5-21-19(23-11-17(24)13-25-12-14(2)3)22-10-15(4)26-18-8-6-16(20)7-9-18;/h6-9,14-15,17,24H,5,10-13H2,1-4H3,(H2,21,22,23);1H. The number of guanidine groups is 1. The van der Waals surface area contributed by atoms with Crippen molar-refractivity contribution in [3.63, 3.8) is 0 Å². The van der Waals surface area contributed by atoms with Gasteiger partial charge in [0.15, 0.2) is 5.96 Å². The Labute approximate surface area is 179 Å². The van der Waals surface area contributed by atoms with Crippen molar-refractivity contribution in [1.82, 2.24) is 10.6 Å². The summed E-state index contributed by atoms with van der Waals surface area (Å²) in [5.41, 5.74) is 0. The molecule has 0 aliphatic heterocycles. The zero-order valence-corrected chi connectivity index (χ0v) is 18.9. The summed E-state index contributed by atoms with van der Waals surface area (Å²) >= 11 is 0. The average molecular weight is 497 g/mol. The molecule has 0 aliphatic rings. The van der Waals surface area contributed by atoms with Crippen molar-refractivity contribution in [2.45, 2.75) is 39.9 Å². The van der Waals surface area contributed by atoms with E-state index >= 15 is 0 Å². The zero-order chi connectivity index (χ0) is 19.4. The van der Waals surface area contributed by atoms with Gasteiger partial charge in [0.2, 0.25) is 0 Å². The fourth-order valence-corrected chi connectivity index (χ4v) is 2.06. The Morgan fingerprint density at radius 1 is 1.15 bits per heavy atom. The number of aliphatic hydroxyl groups excluding tert-OH is 1. The highest BCUT2D eigenvalue weighted by Gasteiger charge is 2.08. The van der Waals surface area contributed by atoms with Gasteiger partial charge in [-0.15, -0.1) is 24.0 Å². The molecule has 0 saturated carbocycles. The van der Waals surface area contributed by atoms with Crippen LogP contribution < -0.4 is 15.4 Å². The minimum absolute atomic E-state index is 0. The van der Waals surface area contributed by atoms with Crippen LogP contribution in [-0.4, -0.2) is 56.1 Å². The van der Waals surface area contributed by atoms with Crippen LogP contribution in [0, 0.1) is 11.7 Å². The van der Waals surface area contributed by atoms with E-state index in [1.807, 2.05) is 13.8 Å². The lowest BCUT2D eigenvalue weighted by atomic mass is 10.2. The van der Waals surface area contributed by atoms with Gasteiger partial charge in [0.1, 0.15) is 17.7 Å². The number of nitrogens with zero attached hydrogens (tertiary/aromatic N) is 1. The van der Waals surface area contributed by atoms with Crippen molar-refractivity contribution in [1.29, 1.82) is 0 Å². The van der Waals surface area contributed by atoms with Crippen LogP contribution in [0.2, 0.25) is 0 Å². The van der Waals surface area contributed by atoms with Gasteiger partial charge in [0, 0.05) is 13.2 Å². The lowest BCUT2D eigenvalue weighted by molar-refractivity contribution is 0.0301. The maximum atomic E-state index is 12.9. The van der Waals surface area contributed by atoms with Crippen LogP contribution in [-0.2, 0) is 4.74 Å². The molecule has 156 valence electrons. The molecule has 0 fully saturated rings. The molecule has 6 nitrogen and oxygen atoms in total. The summed E-state index contributed by atoms with van der Waals surface area (Å²) in [6.45, 7) is 10.4. The number of benzene rings is 1. The van der Waals surface area contributed by atoms with E-state index in [0.29, 0.717) is 37.3 Å². The first-order chi connectivity index (χ1) is 12.4. The summed E-state index contributed by atoms with van der Waals surface area (Å²) in [5, 5.41) is 16.2. The van der Waals surface area contributed by atoms with E-state index < -0.39 is 6.10 Å². The highest BCUT2D eigenvalue weighted by molar-refractivity contribution is 14.0. The third-order valence-corrected chi connectivity index (χ3v) is 3.27. The molecule has 8 heteroatoms. The molecule has 0 aromatic heterocycles. The normalized spacial score (nSPS) is 13.7. The smallest absolute Gasteiger partial charge is 0.191 e. The predicted molar refractivity (Wildman–Crippen MR) is 118 cm³/mol. The highest BCUT2D eigenvalue weighted by atomic mass is 127. The van der Waals surface area contributed by atoms with Crippen molar-refractivity contribution in [2.75, 3.05) is 32.8 Å². The summed E-state index contributed by atoms with van der Waals surface area (Å²) in [7, 11) is 0. The number of ether oxygens (including phenoxy) is 2. The Morgan fingerprint density at radius 2 is 1.81 bits per heavy atom. The van der Waals surface area contributed by atoms with E-state index in [2.05, 4.69) is 29.5 Å².